The molecule has 0 heterocycles. The van der Waals surface area contributed by atoms with Crippen molar-refractivity contribution < 1.29 is 9.84 Å². The quantitative estimate of drug-likeness (QED) is 0.845. The number of anilines is 1. The van der Waals surface area contributed by atoms with E-state index in [1.54, 1.807) is 0 Å². The van der Waals surface area contributed by atoms with Gasteiger partial charge in [-0.05, 0) is 47.5 Å². The number of nitrogens with one attached hydrogen (secondary N) is 1. The van der Waals surface area contributed by atoms with Crippen LogP contribution in [-0.4, -0.2) is 31.0 Å². The minimum absolute atomic E-state index is 0.368. The van der Waals surface area contributed by atoms with Crippen molar-refractivity contribution in [3.8, 4) is 0 Å². The summed E-state index contributed by atoms with van der Waals surface area (Å²) in [7, 11) is 0. The molecule has 0 fully saturated rings. The molecule has 3 nitrogen and oxygen atoms in total. The summed E-state index contributed by atoms with van der Waals surface area (Å²) in [4.78, 5) is 0. The van der Waals surface area contributed by atoms with Crippen LogP contribution in [0, 0.1) is 6.92 Å². The van der Waals surface area contributed by atoms with E-state index < -0.39 is 6.10 Å². The van der Waals surface area contributed by atoms with E-state index in [9.17, 15) is 5.11 Å². The van der Waals surface area contributed by atoms with Gasteiger partial charge in [-0.25, -0.2) is 0 Å². The lowest BCUT2D eigenvalue weighted by Crippen LogP contribution is -2.24. The maximum absolute atomic E-state index is 9.58. The molecule has 0 aliphatic rings. The number of ether oxygens (including phenoxy) is 1. The van der Waals surface area contributed by atoms with Crippen LogP contribution in [0.4, 0.5) is 5.69 Å². The molecule has 0 spiro atoms. The summed E-state index contributed by atoms with van der Waals surface area (Å²) >= 11 is 3.47. The highest BCUT2D eigenvalue weighted by molar-refractivity contribution is 9.10. The molecule has 4 heteroatoms. The topological polar surface area (TPSA) is 41.5 Å². The predicted molar refractivity (Wildman–Crippen MR) is 69.9 cm³/mol. The Balaban J connectivity index is 2.42. The lowest BCUT2D eigenvalue weighted by Gasteiger charge is -2.13. The van der Waals surface area contributed by atoms with Crippen molar-refractivity contribution in [2.45, 2.75) is 20.0 Å². The molecule has 0 bridgehead atoms. The highest BCUT2D eigenvalue weighted by atomic mass is 79.9. The molecule has 1 atom stereocenters. The lowest BCUT2D eigenvalue weighted by molar-refractivity contribution is 0.0496. The zero-order valence-electron chi connectivity index (χ0n) is 9.66. The molecule has 0 aliphatic heterocycles. The van der Waals surface area contributed by atoms with Crippen molar-refractivity contribution >= 4 is 21.6 Å². The molecule has 1 aromatic rings. The number of aryl methyl sites for hydroxylation is 1. The first-order valence-electron chi connectivity index (χ1n) is 5.39. The molecule has 2 N–H and O–H groups in total. The van der Waals surface area contributed by atoms with Gasteiger partial charge in [-0.1, -0.05) is 6.07 Å². The Bertz CT molecular complexity index is 331. The van der Waals surface area contributed by atoms with Gasteiger partial charge in [0.25, 0.3) is 0 Å². The van der Waals surface area contributed by atoms with Gasteiger partial charge in [0, 0.05) is 23.3 Å². The molecule has 0 radical (unpaired) electrons. The van der Waals surface area contributed by atoms with Gasteiger partial charge in [0.2, 0.25) is 0 Å². The van der Waals surface area contributed by atoms with Crippen LogP contribution in [0.2, 0.25) is 0 Å². The highest BCUT2D eigenvalue weighted by Crippen LogP contribution is 2.23. The van der Waals surface area contributed by atoms with Crippen molar-refractivity contribution in [3.63, 3.8) is 0 Å². The second-order valence-electron chi connectivity index (χ2n) is 3.68. The number of hydrogen-bond donors (Lipinski definition) is 2. The van der Waals surface area contributed by atoms with Gasteiger partial charge in [0.15, 0.2) is 0 Å². The molecular formula is C12H18BrNO2. The first kappa shape index (κ1) is 13.5. The molecular weight excluding hydrogens is 270 g/mol. The van der Waals surface area contributed by atoms with Crippen molar-refractivity contribution in [1.82, 2.24) is 0 Å². The molecule has 0 amide bonds. The second-order valence-corrected chi connectivity index (χ2v) is 4.53. The Hall–Kier alpha value is -0.580. The fraction of sp³-hybridized carbons (Fsp3) is 0.500. The number of aliphatic hydroxyl groups excluding tert-OH is 1. The van der Waals surface area contributed by atoms with E-state index >= 15 is 0 Å². The number of hydrogen-bond acceptors (Lipinski definition) is 3. The zero-order chi connectivity index (χ0) is 12.0. The van der Waals surface area contributed by atoms with Crippen LogP contribution in [0.25, 0.3) is 0 Å². The summed E-state index contributed by atoms with van der Waals surface area (Å²) in [6.45, 7) is 5.44. The van der Waals surface area contributed by atoms with Crippen molar-refractivity contribution in [3.05, 3.63) is 28.2 Å². The smallest absolute Gasteiger partial charge is 0.0945 e. The summed E-state index contributed by atoms with van der Waals surface area (Å²) in [6.07, 6.45) is -0.479. The third-order valence-electron chi connectivity index (χ3n) is 2.17. The van der Waals surface area contributed by atoms with Crippen LogP contribution in [0.5, 0.6) is 0 Å². The number of rotatable bonds is 6. The molecule has 1 rings (SSSR count). The summed E-state index contributed by atoms with van der Waals surface area (Å²) in [5.74, 6) is 0. The fourth-order valence-corrected chi connectivity index (χ4v) is 1.94. The maximum atomic E-state index is 9.58. The maximum Gasteiger partial charge on any atom is 0.0945 e. The van der Waals surface area contributed by atoms with E-state index in [0.29, 0.717) is 19.8 Å². The van der Waals surface area contributed by atoms with Gasteiger partial charge in [-0.15, -0.1) is 0 Å². The largest absolute Gasteiger partial charge is 0.389 e. The standard InChI is InChI=1S/C12H18BrNO2/c1-3-16-8-10(15)7-14-12-5-4-9(2)6-11(12)13/h4-6,10,14-15H,3,7-8H2,1-2H3. The lowest BCUT2D eigenvalue weighted by atomic mass is 10.2. The minimum Gasteiger partial charge on any atom is -0.389 e. The van der Waals surface area contributed by atoms with E-state index in [0.717, 1.165) is 10.2 Å². The van der Waals surface area contributed by atoms with Crippen LogP contribution in [-0.2, 0) is 4.74 Å². The monoisotopic (exact) mass is 287 g/mol. The van der Waals surface area contributed by atoms with Crippen LogP contribution in [0.15, 0.2) is 22.7 Å². The van der Waals surface area contributed by atoms with E-state index in [-0.39, 0.29) is 0 Å². The van der Waals surface area contributed by atoms with Gasteiger partial charge in [-0.3, -0.25) is 0 Å². The first-order valence-corrected chi connectivity index (χ1v) is 6.18. The second kappa shape index (κ2) is 6.89. The highest BCUT2D eigenvalue weighted by Gasteiger charge is 2.05. The van der Waals surface area contributed by atoms with Crippen LogP contribution in [0.1, 0.15) is 12.5 Å². The average Bonchev–Trinajstić information content (AvgIpc) is 2.25. The Kier molecular flexibility index (Phi) is 5.80. The van der Waals surface area contributed by atoms with Gasteiger partial charge < -0.3 is 15.2 Å². The normalized spacial score (nSPS) is 12.5. The first-order chi connectivity index (χ1) is 7.63. The zero-order valence-corrected chi connectivity index (χ0v) is 11.3. The van der Waals surface area contributed by atoms with E-state index in [1.807, 2.05) is 32.0 Å². The molecule has 0 saturated heterocycles. The number of halogens is 1. The number of aliphatic hydroxyl groups is 1. The molecule has 0 saturated carbocycles. The van der Waals surface area contributed by atoms with Crippen molar-refractivity contribution in [2.75, 3.05) is 25.1 Å². The minimum atomic E-state index is -0.479. The van der Waals surface area contributed by atoms with Gasteiger partial charge in [-0.2, -0.15) is 0 Å². The Labute approximate surface area is 105 Å². The van der Waals surface area contributed by atoms with Crippen LogP contribution in [0.3, 0.4) is 0 Å². The van der Waals surface area contributed by atoms with Crippen LogP contribution < -0.4 is 5.32 Å². The molecule has 1 unspecified atom stereocenters. The summed E-state index contributed by atoms with van der Waals surface area (Å²) < 4.78 is 6.14. The summed E-state index contributed by atoms with van der Waals surface area (Å²) in [6, 6.07) is 6.06. The molecule has 0 aromatic heterocycles. The van der Waals surface area contributed by atoms with Crippen LogP contribution >= 0.6 is 15.9 Å². The molecule has 1 aromatic carbocycles. The summed E-state index contributed by atoms with van der Waals surface area (Å²) in [5, 5.41) is 12.8. The fourth-order valence-electron chi connectivity index (χ4n) is 1.30. The van der Waals surface area contributed by atoms with Gasteiger partial charge in [0.05, 0.1) is 12.7 Å². The summed E-state index contributed by atoms with van der Waals surface area (Å²) in [5.41, 5.74) is 2.19. The van der Waals surface area contributed by atoms with Gasteiger partial charge in [0.1, 0.15) is 0 Å². The van der Waals surface area contributed by atoms with E-state index in [2.05, 4.69) is 21.2 Å². The third kappa shape index (κ3) is 4.51. The average molecular weight is 288 g/mol. The van der Waals surface area contributed by atoms with Crippen molar-refractivity contribution in [2.24, 2.45) is 0 Å². The van der Waals surface area contributed by atoms with Gasteiger partial charge >= 0.3 is 0 Å². The molecule has 16 heavy (non-hydrogen) atoms. The Morgan fingerprint density at radius 3 is 2.88 bits per heavy atom. The Morgan fingerprint density at radius 2 is 2.25 bits per heavy atom. The number of benzene rings is 1. The predicted octanol–water partition coefficient (Wildman–Crippen LogP) is 2.57. The third-order valence-corrected chi connectivity index (χ3v) is 2.82. The molecule has 90 valence electrons. The SMILES string of the molecule is CCOCC(O)CNc1ccc(C)cc1Br. The Morgan fingerprint density at radius 1 is 1.50 bits per heavy atom. The van der Waals surface area contributed by atoms with Crippen molar-refractivity contribution in [1.29, 1.82) is 0 Å². The molecule has 0 aliphatic carbocycles. The van der Waals surface area contributed by atoms with E-state index in [4.69, 9.17) is 4.74 Å². The van der Waals surface area contributed by atoms with E-state index in [1.165, 1.54) is 5.56 Å².